The fourth-order valence-electron chi connectivity index (χ4n) is 3.37. The van der Waals surface area contributed by atoms with Crippen molar-refractivity contribution in [3.05, 3.63) is 58.0 Å². The number of hydrogen-bond acceptors (Lipinski definition) is 7. The summed E-state index contributed by atoms with van der Waals surface area (Å²) < 4.78 is 5.36. The van der Waals surface area contributed by atoms with E-state index in [2.05, 4.69) is 19.8 Å². The van der Waals surface area contributed by atoms with Crippen LogP contribution < -0.4 is 17.2 Å². The van der Waals surface area contributed by atoms with Crippen LogP contribution in [0.25, 0.3) is 0 Å². The molecule has 162 valence electrons. The Kier molecular flexibility index (Phi) is 7.73. The minimum Gasteiger partial charge on any atom is -0.397 e. The summed E-state index contributed by atoms with van der Waals surface area (Å²) in [5.74, 6) is 0.975. The van der Waals surface area contributed by atoms with Gasteiger partial charge in [-0.2, -0.15) is 0 Å². The van der Waals surface area contributed by atoms with E-state index in [-0.39, 0.29) is 0 Å². The molecule has 0 saturated carbocycles. The van der Waals surface area contributed by atoms with E-state index in [0.717, 1.165) is 49.1 Å². The molecule has 1 fully saturated rings. The molecule has 2 aliphatic rings. The molecule has 0 unspecified atom stereocenters. The highest BCUT2D eigenvalue weighted by atomic mass is 35.5. The van der Waals surface area contributed by atoms with Crippen LogP contribution in [0.5, 0.6) is 0 Å². The van der Waals surface area contributed by atoms with Gasteiger partial charge in [0.1, 0.15) is 11.7 Å². The lowest BCUT2D eigenvalue weighted by molar-refractivity contribution is 0.0452. The molecule has 0 bridgehead atoms. The number of nitrogens with two attached hydrogens (primary N) is 3. The Balaban J connectivity index is 1.77. The summed E-state index contributed by atoms with van der Waals surface area (Å²) in [7, 11) is 0. The highest BCUT2D eigenvalue weighted by Crippen LogP contribution is 2.21. The van der Waals surface area contributed by atoms with Gasteiger partial charge in [-0.25, -0.2) is 4.99 Å². The van der Waals surface area contributed by atoms with E-state index in [1.54, 1.807) is 0 Å². The van der Waals surface area contributed by atoms with Crippen LogP contribution in [0.1, 0.15) is 12.5 Å². The molecule has 30 heavy (non-hydrogen) atoms. The lowest BCUT2D eigenvalue weighted by Crippen LogP contribution is -2.41. The van der Waals surface area contributed by atoms with E-state index < -0.39 is 0 Å². The Morgan fingerprint density at radius 1 is 1.23 bits per heavy atom. The molecular formula is C21H30ClN7O. The zero-order chi connectivity index (χ0) is 21.5. The zero-order valence-electron chi connectivity index (χ0n) is 17.4. The first-order valence-electron chi connectivity index (χ1n) is 10.0. The minimum atomic E-state index is 0.453. The van der Waals surface area contributed by atoms with Crippen molar-refractivity contribution in [3.8, 4) is 0 Å². The first-order valence-corrected chi connectivity index (χ1v) is 10.4. The monoisotopic (exact) mass is 431 g/mol. The van der Waals surface area contributed by atoms with Crippen LogP contribution in [0.4, 0.5) is 0 Å². The van der Waals surface area contributed by atoms with Crippen LogP contribution in [0.3, 0.4) is 0 Å². The Bertz CT molecular complexity index is 872. The molecule has 0 atom stereocenters. The van der Waals surface area contributed by atoms with Crippen LogP contribution in [-0.2, 0) is 11.3 Å². The van der Waals surface area contributed by atoms with Crippen molar-refractivity contribution >= 4 is 23.3 Å². The molecule has 0 radical (unpaired) electrons. The number of rotatable bonds is 6. The molecule has 3 rings (SSSR count). The van der Waals surface area contributed by atoms with Gasteiger partial charge in [-0.15, -0.1) is 0 Å². The molecule has 9 heteroatoms. The zero-order valence-corrected chi connectivity index (χ0v) is 18.1. The predicted octanol–water partition coefficient (Wildman–Crippen LogP) is 1.28. The predicted molar refractivity (Wildman–Crippen MR) is 122 cm³/mol. The van der Waals surface area contributed by atoms with E-state index in [9.17, 15) is 0 Å². The lowest BCUT2D eigenvalue weighted by atomic mass is 10.1. The second-order valence-electron chi connectivity index (χ2n) is 7.34. The summed E-state index contributed by atoms with van der Waals surface area (Å²) in [6.07, 6.45) is 1.82. The second kappa shape index (κ2) is 10.5. The van der Waals surface area contributed by atoms with Crippen LogP contribution in [0, 0.1) is 0 Å². The maximum absolute atomic E-state index is 6.34. The van der Waals surface area contributed by atoms with E-state index in [4.69, 9.17) is 33.5 Å². The van der Waals surface area contributed by atoms with E-state index in [0.29, 0.717) is 42.7 Å². The number of amidine groups is 2. The number of hydrogen-bond donors (Lipinski definition) is 3. The van der Waals surface area contributed by atoms with Gasteiger partial charge >= 0.3 is 0 Å². The van der Waals surface area contributed by atoms with Crippen molar-refractivity contribution in [2.75, 3.05) is 45.9 Å². The quantitative estimate of drug-likeness (QED) is 0.461. The molecule has 2 heterocycles. The third-order valence-electron chi connectivity index (χ3n) is 5.08. The molecular weight excluding hydrogens is 402 g/mol. The number of allylic oxidation sites excluding steroid dienone is 2. The highest BCUT2D eigenvalue weighted by Gasteiger charge is 2.19. The molecule has 0 aromatic heterocycles. The fraction of sp³-hybridized carbons (Fsp3) is 0.429. The van der Waals surface area contributed by atoms with Gasteiger partial charge in [-0.1, -0.05) is 29.8 Å². The first-order chi connectivity index (χ1) is 14.4. The van der Waals surface area contributed by atoms with Gasteiger partial charge in [-0.05, 0) is 24.6 Å². The molecule has 0 amide bonds. The number of benzene rings is 1. The Hall–Kier alpha value is -2.55. The first kappa shape index (κ1) is 22.1. The van der Waals surface area contributed by atoms with Crippen molar-refractivity contribution in [1.29, 1.82) is 0 Å². The average molecular weight is 432 g/mol. The molecule has 1 aromatic rings. The standard InChI is InChI=1S/C21H30ClN7O/c1-15(27-20(24)14-28-8-10-30-11-9-28)18(23)12-19-21(25)26-6-7-29(19)13-16-4-2-3-5-17(16)22/h2-5,12H,6-11,13-14,23H2,1H3,(H2,24,27)(H2,25,26). The smallest absolute Gasteiger partial charge is 0.142 e. The Morgan fingerprint density at radius 2 is 1.97 bits per heavy atom. The van der Waals surface area contributed by atoms with Gasteiger partial charge in [0, 0.05) is 31.2 Å². The molecule has 1 aromatic carbocycles. The largest absolute Gasteiger partial charge is 0.397 e. The van der Waals surface area contributed by atoms with E-state index in [1.165, 1.54) is 0 Å². The molecule has 2 aliphatic heterocycles. The maximum atomic E-state index is 6.34. The second-order valence-corrected chi connectivity index (χ2v) is 7.75. The van der Waals surface area contributed by atoms with Gasteiger partial charge in [0.15, 0.2) is 0 Å². The summed E-state index contributed by atoms with van der Waals surface area (Å²) in [5.41, 5.74) is 21.6. The van der Waals surface area contributed by atoms with Crippen molar-refractivity contribution in [2.45, 2.75) is 13.5 Å². The molecule has 0 aliphatic carbocycles. The number of aliphatic imine (C=N–C) groups is 2. The third kappa shape index (κ3) is 5.98. The van der Waals surface area contributed by atoms with Gasteiger partial charge in [0.25, 0.3) is 0 Å². The van der Waals surface area contributed by atoms with Gasteiger partial charge in [-0.3, -0.25) is 9.89 Å². The van der Waals surface area contributed by atoms with Crippen LogP contribution in [0.15, 0.2) is 57.4 Å². The normalized spacial score (nSPS) is 20.9. The lowest BCUT2D eigenvalue weighted by Gasteiger charge is -2.30. The van der Waals surface area contributed by atoms with Gasteiger partial charge in [0.05, 0.1) is 43.4 Å². The van der Waals surface area contributed by atoms with Gasteiger partial charge < -0.3 is 26.8 Å². The molecule has 8 nitrogen and oxygen atoms in total. The molecule has 1 saturated heterocycles. The van der Waals surface area contributed by atoms with Crippen molar-refractivity contribution in [2.24, 2.45) is 27.2 Å². The summed E-state index contributed by atoms with van der Waals surface area (Å²) in [6.45, 7) is 7.54. The Morgan fingerprint density at radius 3 is 2.70 bits per heavy atom. The fourth-order valence-corrected chi connectivity index (χ4v) is 3.57. The number of halogens is 1. The third-order valence-corrected chi connectivity index (χ3v) is 5.45. The summed E-state index contributed by atoms with van der Waals surface area (Å²) in [5, 5.41) is 0.720. The van der Waals surface area contributed by atoms with Crippen LogP contribution in [0.2, 0.25) is 5.02 Å². The van der Waals surface area contributed by atoms with Crippen LogP contribution >= 0.6 is 11.6 Å². The molecule has 6 N–H and O–H groups in total. The highest BCUT2D eigenvalue weighted by molar-refractivity contribution is 6.31. The summed E-state index contributed by atoms with van der Waals surface area (Å²) >= 11 is 6.34. The summed E-state index contributed by atoms with van der Waals surface area (Å²) in [6, 6.07) is 7.77. The molecule has 0 spiro atoms. The minimum absolute atomic E-state index is 0.453. The number of ether oxygens (including phenoxy) is 1. The van der Waals surface area contributed by atoms with E-state index >= 15 is 0 Å². The number of morpholine rings is 1. The van der Waals surface area contributed by atoms with E-state index in [1.807, 2.05) is 37.3 Å². The number of nitrogens with zero attached hydrogens (tertiary/aromatic N) is 4. The maximum Gasteiger partial charge on any atom is 0.142 e. The Labute approximate surface area is 182 Å². The summed E-state index contributed by atoms with van der Waals surface area (Å²) in [4.78, 5) is 13.2. The topological polar surface area (TPSA) is 118 Å². The van der Waals surface area contributed by atoms with Gasteiger partial charge in [0.2, 0.25) is 0 Å². The van der Waals surface area contributed by atoms with Crippen molar-refractivity contribution in [1.82, 2.24) is 9.80 Å². The average Bonchev–Trinajstić information content (AvgIpc) is 2.72. The van der Waals surface area contributed by atoms with Crippen molar-refractivity contribution < 1.29 is 4.74 Å². The SMILES string of the molecule is CC(N=C(N)CN1CCOCC1)=C(N)C=C1C(N)=NCCN1Cc1ccccc1Cl. The van der Waals surface area contributed by atoms with Crippen molar-refractivity contribution in [3.63, 3.8) is 0 Å². The van der Waals surface area contributed by atoms with Crippen LogP contribution in [-0.4, -0.2) is 67.4 Å².